The quantitative estimate of drug-likeness (QED) is 0.298. The highest BCUT2D eigenvalue weighted by atomic mass is 16.1. The minimum Gasteiger partial charge on any atom is -0.377 e. The third kappa shape index (κ3) is 4.95. The molecule has 2 aliphatic heterocycles. The standard InChI is InChI=1S/C35H39N7O2/c1-22-8-7-10-26(22)28-20-23-21-36-34(37-24-12-14-25(15-13-24)41-18-16-40(4)17-19-41)38-32(23)42(33(28)44)31-30(43)27-9-5-6-11-29(27)39-35(31,2)3/h5-6,9,11-15,20-21,31,39H,7-8,10,16-19H2,1-4H3,(H,36,37,38). The van der Waals surface area contributed by atoms with Crippen molar-refractivity contribution in [2.24, 2.45) is 0 Å². The number of ketones is 1. The summed E-state index contributed by atoms with van der Waals surface area (Å²) in [4.78, 5) is 43.0. The van der Waals surface area contributed by atoms with Gasteiger partial charge in [-0.2, -0.15) is 4.98 Å². The fourth-order valence-electron chi connectivity index (χ4n) is 6.98. The Morgan fingerprint density at radius 1 is 0.955 bits per heavy atom. The summed E-state index contributed by atoms with van der Waals surface area (Å²) in [6, 6.07) is 16.9. The zero-order chi connectivity index (χ0) is 30.6. The number of aromatic nitrogens is 3. The molecule has 7 rings (SSSR count). The van der Waals surface area contributed by atoms with Crippen molar-refractivity contribution in [3.63, 3.8) is 0 Å². The number of carbonyl (C=O) groups excluding carboxylic acids is 1. The number of nitrogens with zero attached hydrogens (tertiary/aromatic N) is 5. The van der Waals surface area contributed by atoms with Crippen LogP contribution in [0.4, 0.5) is 23.0 Å². The van der Waals surface area contributed by atoms with E-state index in [1.807, 2.05) is 56.3 Å². The molecule has 4 aromatic rings. The Kier molecular flexibility index (Phi) is 7.00. The Hall–Kier alpha value is -4.50. The largest absolute Gasteiger partial charge is 0.377 e. The van der Waals surface area contributed by atoms with E-state index in [1.54, 1.807) is 10.8 Å². The van der Waals surface area contributed by atoms with Gasteiger partial charge in [0.15, 0.2) is 5.78 Å². The van der Waals surface area contributed by atoms with Crippen molar-refractivity contribution in [2.45, 2.75) is 51.6 Å². The number of anilines is 4. The van der Waals surface area contributed by atoms with Crippen LogP contribution in [0.1, 0.15) is 62.0 Å². The number of Topliss-reactive ketones (excluding diaryl/α,β-unsaturated/α-hetero) is 1. The number of fused-ring (bicyclic) bond motifs is 2. The van der Waals surface area contributed by atoms with Gasteiger partial charge in [-0.25, -0.2) is 4.98 Å². The highest BCUT2D eigenvalue weighted by Gasteiger charge is 2.44. The maximum Gasteiger partial charge on any atom is 0.260 e. The van der Waals surface area contributed by atoms with E-state index < -0.39 is 11.6 Å². The molecule has 44 heavy (non-hydrogen) atoms. The third-order valence-corrected chi connectivity index (χ3v) is 9.42. The summed E-state index contributed by atoms with van der Waals surface area (Å²) in [6.07, 6.45) is 4.60. The topological polar surface area (TPSA) is 95.4 Å². The number of carbonyl (C=O) groups is 1. The summed E-state index contributed by atoms with van der Waals surface area (Å²) in [7, 11) is 2.15. The third-order valence-electron chi connectivity index (χ3n) is 9.42. The average Bonchev–Trinajstić information content (AvgIpc) is 3.44. The van der Waals surface area contributed by atoms with E-state index in [9.17, 15) is 9.59 Å². The highest BCUT2D eigenvalue weighted by molar-refractivity contribution is 6.07. The lowest BCUT2D eigenvalue weighted by Gasteiger charge is -2.41. The van der Waals surface area contributed by atoms with Gasteiger partial charge >= 0.3 is 0 Å². The molecule has 1 fully saturated rings. The molecule has 9 heteroatoms. The van der Waals surface area contributed by atoms with E-state index in [4.69, 9.17) is 4.98 Å². The summed E-state index contributed by atoms with van der Waals surface area (Å²) < 4.78 is 1.62. The predicted octanol–water partition coefficient (Wildman–Crippen LogP) is 5.87. The summed E-state index contributed by atoms with van der Waals surface area (Å²) in [5.41, 5.74) is 5.82. The van der Waals surface area contributed by atoms with E-state index in [1.165, 1.54) is 11.3 Å². The fourth-order valence-corrected chi connectivity index (χ4v) is 6.98. The lowest BCUT2D eigenvalue weighted by molar-refractivity contribution is 0.0876. The van der Waals surface area contributed by atoms with Crippen LogP contribution in [0.25, 0.3) is 16.6 Å². The van der Waals surface area contributed by atoms with Crippen LogP contribution in [-0.2, 0) is 0 Å². The van der Waals surface area contributed by atoms with Gasteiger partial charge < -0.3 is 20.4 Å². The summed E-state index contributed by atoms with van der Waals surface area (Å²) >= 11 is 0. The fraction of sp³-hybridized carbons (Fsp3) is 0.371. The molecule has 1 aliphatic carbocycles. The van der Waals surface area contributed by atoms with Gasteiger partial charge in [0.25, 0.3) is 5.56 Å². The van der Waals surface area contributed by atoms with Crippen molar-refractivity contribution in [1.29, 1.82) is 0 Å². The van der Waals surface area contributed by atoms with Gasteiger partial charge in [0.05, 0.1) is 5.54 Å². The van der Waals surface area contributed by atoms with E-state index in [-0.39, 0.29) is 11.3 Å². The summed E-state index contributed by atoms with van der Waals surface area (Å²) in [5.74, 6) is 0.270. The molecule has 2 aromatic heterocycles. The van der Waals surface area contributed by atoms with E-state index in [0.29, 0.717) is 22.7 Å². The van der Waals surface area contributed by atoms with Crippen molar-refractivity contribution < 1.29 is 4.79 Å². The molecular formula is C35H39N7O2. The van der Waals surface area contributed by atoms with Crippen LogP contribution >= 0.6 is 0 Å². The maximum absolute atomic E-state index is 14.5. The number of pyridine rings is 1. The second kappa shape index (κ2) is 10.9. The lowest BCUT2D eigenvalue weighted by Crippen LogP contribution is -2.51. The number of benzene rings is 2. The van der Waals surface area contributed by atoms with Crippen LogP contribution < -0.4 is 21.1 Å². The molecule has 0 bridgehead atoms. The first-order valence-corrected chi connectivity index (χ1v) is 15.5. The van der Waals surface area contributed by atoms with Crippen molar-refractivity contribution in [2.75, 3.05) is 48.8 Å². The number of nitrogens with one attached hydrogen (secondary N) is 2. The molecule has 0 saturated carbocycles. The minimum atomic E-state index is -0.805. The summed E-state index contributed by atoms with van der Waals surface area (Å²) in [5, 5.41) is 7.60. The van der Waals surface area contributed by atoms with Gasteiger partial charge in [-0.15, -0.1) is 0 Å². The van der Waals surface area contributed by atoms with Crippen LogP contribution in [0.5, 0.6) is 0 Å². The van der Waals surface area contributed by atoms with Crippen molar-refractivity contribution in [3.8, 4) is 0 Å². The van der Waals surface area contributed by atoms with Crippen molar-refractivity contribution >= 4 is 45.4 Å². The van der Waals surface area contributed by atoms with Crippen LogP contribution in [0.15, 0.2) is 71.2 Å². The average molecular weight is 590 g/mol. The van der Waals surface area contributed by atoms with Gasteiger partial charge in [0, 0.05) is 66.0 Å². The Morgan fingerprint density at radius 3 is 2.43 bits per heavy atom. The van der Waals surface area contributed by atoms with E-state index >= 15 is 0 Å². The Labute approximate surface area is 257 Å². The smallest absolute Gasteiger partial charge is 0.260 e. The lowest BCUT2D eigenvalue weighted by atomic mass is 9.82. The second-order valence-corrected chi connectivity index (χ2v) is 12.9. The molecule has 9 nitrogen and oxygen atoms in total. The highest BCUT2D eigenvalue weighted by Crippen LogP contribution is 2.39. The van der Waals surface area contributed by atoms with Crippen LogP contribution in [0.2, 0.25) is 0 Å². The molecule has 1 unspecified atom stereocenters. The molecular weight excluding hydrogens is 550 g/mol. The van der Waals surface area contributed by atoms with Gasteiger partial charge in [0.2, 0.25) is 5.95 Å². The molecule has 0 radical (unpaired) electrons. The van der Waals surface area contributed by atoms with Gasteiger partial charge in [0.1, 0.15) is 11.7 Å². The Bertz CT molecular complexity index is 1850. The number of piperazine rings is 1. The van der Waals surface area contributed by atoms with Crippen LogP contribution in [-0.4, -0.2) is 64.0 Å². The Balaban J connectivity index is 1.32. The molecule has 1 saturated heterocycles. The normalized spacial score (nSPS) is 20.1. The molecule has 1 atom stereocenters. The number of allylic oxidation sites excluding steroid dienone is 2. The molecule has 2 N–H and O–H groups in total. The van der Waals surface area contributed by atoms with Crippen molar-refractivity contribution in [3.05, 3.63) is 87.8 Å². The van der Waals surface area contributed by atoms with Crippen molar-refractivity contribution in [1.82, 2.24) is 19.4 Å². The number of para-hydroxylation sites is 1. The summed E-state index contributed by atoms with van der Waals surface area (Å²) in [6.45, 7) is 10.1. The number of rotatable bonds is 5. The van der Waals surface area contributed by atoms with E-state index in [0.717, 1.165) is 67.8 Å². The molecule has 0 spiro atoms. The van der Waals surface area contributed by atoms with Crippen LogP contribution in [0.3, 0.4) is 0 Å². The maximum atomic E-state index is 14.5. The molecule has 226 valence electrons. The molecule has 3 aliphatic rings. The monoisotopic (exact) mass is 589 g/mol. The Morgan fingerprint density at radius 2 is 1.70 bits per heavy atom. The molecule has 2 aromatic carbocycles. The minimum absolute atomic E-state index is 0.102. The predicted molar refractivity (Wildman–Crippen MR) is 177 cm³/mol. The number of likely N-dealkylation sites (N-methyl/N-ethyl adjacent to an activating group) is 1. The second-order valence-electron chi connectivity index (χ2n) is 12.9. The SMILES string of the molecule is CC1=C(c2cc3cnc(Nc4ccc(N5CCN(C)CC5)cc4)nc3n(C3C(=O)c4ccccc4NC3(C)C)c2=O)CCC1. The van der Waals surface area contributed by atoms with Gasteiger partial charge in [-0.1, -0.05) is 17.7 Å². The molecule has 0 amide bonds. The van der Waals surface area contributed by atoms with Gasteiger partial charge in [-0.05, 0) is 95.1 Å². The first kappa shape index (κ1) is 28.3. The molecule has 4 heterocycles. The zero-order valence-electron chi connectivity index (χ0n) is 25.9. The first-order valence-electron chi connectivity index (χ1n) is 15.5. The zero-order valence-corrected chi connectivity index (χ0v) is 25.9. The van der Waals surface area contributed by atoms with Gasteiger partial charge in [-0.3, -0.25) is 14.2 Å². The van der Waals surface area contributed by atoms with Crippen LogP contribution in [0, 0.1) is 0 Å². The number of hydrogen-bond acceptors (Lipinski definition) is 8. The van der Waals surface area contributed by atoms with E-state index in [2.05, 4.69) is 51.5 Å². The number of hydrogen-bond donors (Lipinski definition) is 2. The first-order chi connectivity index (χ1) is 21.2.